The molecule has 0 unspecified atom stereocenters. The summed E-state index contributed by atoms with van der Waals surface area (Å²) in [7, 11) is 0. The van der Waals surface area contributed by atoms with E-state index in [1.165, 1.54) is 22.3 Å². The lowest BCUT2D eigenvalue weighted by molar-refractivity contribution is -0.689. The van der Waals surface area contributed by atoms with E-state index in [1.807, 2.05) is 11.0 Å². The Morgan fingerprint density at radius 1 is 0.952 bits per heavy atom. The molecule has 3 aromatic rings. The quantitative estimate of drug-likeness (QED) is 0.673. The molecule has 2 aromatic carbocycles. The zero-order chi connectivity index (χ0) is 14.7. The van der Waals surface area contributed by atoms with Gasteiger partial charge in [-0.3, -0.25) is 0 Å². The molecular weight excluding hydrogens is 258 g/mol. The van der Waals surface area contributed by atoms with Crippen molar-refractivity contribution < 1.29 is 4.57 Å². The van der Waals surface area contributed by atoms with E-state index in [2.05, 4.69) is 78.4 Å². The number of benzene rings is 2. The largest absolute Gasteiger partial charge is 0.265 e. The first kappa shape index (κ1) is 13.6. The highest BCUT2D eigenvalue weighted by Crippen LogP contribution is 2.05. The van der Waals surface area contributed by atoms with Crippen molar-refractivity contribution in [3.63, 3.8) is 0 Å². The summed E-state index contributed by atoms with van der Waals surface area (Å²) in [6.45, 7) is 5.89. The van der Waals surface area contributed by atoms with Gasteiger partial charge in [-0.1, -0.05) is 59.7 Å². The smallest absolute Gasteiger partial charge is 0.233 e. The first-order chi connectivity index (χ1) is 10.2. The summed E-state index contributed by atoms with van der Waals surface area (Å²) in [5.41, 5.74) is 5.15. The van der Waals surface area contributed by atoms with Gasteiger partial charge in [0, 0.05) is 5.10 Å². The summed E-state index contributed by atoms with van der Waals surface area (Å²) in [4.78, 5) is 0. The lowest BCUT2D eigenvalue weighted by atomic mass is 10.1. The molecule has 0 radical (unpaired) electrons. The van der Waals surface area contributed by atoms with Gasteiger partial charge in [0.25, 0.3) is 6.33 Å². The van der Waals surface area contributed by atoms with Crippen LogP contribution in [0.1, 0.15) is 22.3 Å². The van der Waals surface area contributed by atoms with Crippen molar-refractivity contribution in [1.82, 2.24) is 9.78 Å². The number of nitrogens with zero attached hydrogens (tertiary/aromatic N) is 3. The molecular formula is C18H20N3+. The number of hydrogen-bond acceptors (Lipinski definition) is 1. The standard InChI is InChI=1S/C18H20N3/c1-15-6-8-17(9-7-15)11-20-13-19-21(14-20)12-18-5-3-4-16(2)10-18/h3-10,13-14H,11-12H2,1-2H3/q+1. The average Bonchev–Trinajstić information content (AvgIpc) is 2.89. The van der Waals surface area contributed by atoms with Crippen molar-refractivity contribution in [2.75, 3.05) is 0 Å². The molecule has 0 fully saturated rings. The molecule has 0 bridgehead atoms. The van der Waals surface area contributed by atoms with Gasteiger partial charge in [0.15, 0.2) is 0 Å². The van der Waals surface area contributed by atoms with Crippen molar-refractivity contribution in [3.05, 3.63) is 83.4 Å². The van der Waals surface area contributed by atoms with Crippen LogP contribution < -0.4 is 4.57 Å². The van der Waals surface area contributed by atoms with E-state index in [1.54, 1.807) is 0 Å². The predicted octanol–water partition coefficient (Wildman–Crippen LogP) is 2.88. The molecule has 0 spiro atoms. The summed E-state index contributed by atoms with van der Waals surface area (Å²) in [5, 5.41) is 4.43. The van der Waals surface area contributed by atoms with Crippen molar-refractivity contribution in [1.29, 1.82) is 0 Å². The van der Waals surface area contributed by atoms with Gasteiger partial charge in [-0.2, -0.15) is 0 Å². The number of aromatic nitrogens is 3. The molecule has 21 heavy (non-hydrogen) atoms. The second kappa shape index (κ2) is 5.92. The molecule has 0 atom stereocenters. The zero-order valence-electron chi connectivity index (χ0n) is 12.5. The first-order valence-corrected chi connectivity index (χ1v) is 7.22. The lowest BCUT2D eigenvalue weighted by Crippen LogP contribution is -2.31. The van der Waals surface area contributed by atoms with Gasteiger partial charge < -0.3 is 0 Å². The topological polar surface area (TPSA) is 21.7 Å². The molecule has 0 saturated carbocycles. The molecule has 3 nitrogen and oxygen atoms in total. The van der Waals surface area contributed by atoms with E-state index in [0.717, 1.165) is 13.1 Å². The third-order valence-electron chi connectivity index (χ3n) is 3.54. The van der Waals surface area contributed by atoms with Gasteiger partial charge in [0.2, 0.25) is 6.33 Å². The minimum absolute atomic E-state index is 0.808. The molecule has 1 aromatic heterocycles. The maximum atomic E-state index is 4.43. The van der Waals surface area contributed by atoms with Crippen LogP contribution in [0.3, 0.4) is 0 Å². The van der Waals surface area contributed by atoms with Crippen LogP contribution in [0, 0.1) is 13.8 Å². The van der Waals surface area contributed by atoms with Crippen molar-refractivity contribution in [3.8, 4) is 0 Å². The normalized spacial score (nSPS) is 10.8. The maximum Gasteiger partial charge on any atom is 0.265 e. The maximum absolute atomic E-state index is 4.43. The number of rotatable bonds is 4. The van der Waals surface area contributed by atoms with Gasteiger partial charge in [-0.05, 0) is 25.0 Å². The fraction of sp³-hybridized carbons (Fsp3) is 0.222. The highest BCUT2D eigenvalue weighted by atomic mass is 15.3. The third kappa shape index (κ3) is 3.57. The average molecular weight is 278 g/mol. The highest BCUT2D eigenvalue weighted by Gasteiger charge is 2.07. The first-order valence-electron chi connectivity index (χ1n) is 7.22. The predicted molar refractivity (Wildman–Crippen MR) is 83.0 cm³/mol. The molecule has 1 heterocycles. The molecule has 0 aliphatic heterocycles. The molecule has 3 heteroatoms. The van der Waals surface area contributed by atoms with Crippen LogP contribution >= 0.6 is 0 Å². The molecule has 0 aliphatic carbocycles. The van der Waals surface area contributed by atoms with E-state index in [-0.39, 0.29) is 0 Å². The van der Waals surface area contributed by atoms with E-state index in [0.29, 0.717) is 0 Å². The van der Waals surface area contributed by atoms with Crippen LogP contribution in [-0.4, -0.2) is 9.78 Å². The van der Waals surface area contributed by atoms with Crippen LogP contribution in [0.2, 0.25) is 0 Å². The van der Waals surface area contributed by atoms with Crippen LogP contribution in [-0.2, 0) is 13.1 Å². The van der Waals surface area contributed by atoms with Crippen LogP contribution in [0.15, 0.2) is 61.2 Å². The summed E-state index contributed by atoms with van der Waals surface area (Å²) in [6.07, 6.45) is 3.94. The molecule has 3 rings (SSSR count). The zero-order valence-corrected chi connectivity index (χ0v) is 12.5. The molecule has 0 N–H and O–H groups in total. The Hall–Kier alpha value is -2.42. The Balaban J connectivity index is 1.70. The van der Waals surface area contributed by atoms with Gasteiger partial charge in [-0.25, -0.2) is 4.57 Å². The second-order valence-electron chi connectivity index (χ2n) is 5.59. The number of hydrogen-bond donors (Lipinski definition) is 0. The minimum Gasteiger partial charge on any atom is -0.233 e. The Labute approximate surface area is 125 Å². The molecule has 0 amide bonds. The van der Waals surface area contributed by atoms with E-state index >= 15 is 0 Å². The second-order valence-corrected chi connectivity index (χ2v) is 5.59. The Morgan fingerprint density at radius 2 is 1.76 bits per heavy atom. The lowest BCUT2D eigenvalue weighted by Gasteiger charge is -1.99. The van der Waals surface area contributed by atoms with Crippen LogP contribution in [0.4, 0.5) is 0 Å². The molecule has 106 valence electrons. The van der Waals surface area contributed by atoms with Crippen LogP contribution in [0.5, 0.6) is 0 Å². The summed E-state index contributed by atoms with van der Waals surface area (Å²) < 4.78 is 4.09. The van der Waals surface area contributed by atoms with E-state index in [9.17, 15) is 0 Å². The van der Waals surface area contributed by atoms with Gasteiger partial charge >= 0.3 is 0 Å². The fourth-order valence-electron chi connectivity index (χ4n) is 2.43. The van der Waals surface area contributed by atoms with Gasteiger partial charge in [0.05, 0.1) is 6.54 Å². The Bertz CT molecular complexity index is 726. The molecule has 0 saturated heterocycles. The number of aryl methyl sites for hydroxylation is 2. The van der Waals surface area contributed by atoms with Crippen molar-refractivity contribution >= 4 is 0 Å². The van der Waals surface area contributed by atoms with Gasteiger partial charge in [0.1, 0.15) is 6.54 Å². The Morgan fingerprint density at radius 3 is 2.52 bits per heavy atom. The third-order valence-corrected chi connectivity index (χ3v) is 3.54. The summed E-state index contributed by atoms with van der Waals surface area (Å²) in [6, 6.07) is 17.2. The highest BCUT2D eigenvalue weighted by molar-refractivity contribution is 5.22. The van der Waals surface area contributed by atoms with E-state index < -0.39 is 0 Å². The SMILES string of the molecule is Cc1ccc(C[n+]2cnn(Cc3cccc(C)c3)c2)cc1. The Kier molecular flexibility index (Phi) is 3.82. The summed E-state index contributed by atoms with van der Waals surface area (Å²) >= 11 is 0. The molecule has 0 aliphatic rings. The fourth-order valence-corrected chi connectivity index (χ4v) is 2.43. The van der Waals surface area contributed by atoms with E-state index in [4.69, 9.17) is 0 Å². The summed E-state index contributed by atoms with van der Waals surface area (Å²) in [5.74, 6) is 0. The van der Waals surface area contributed by atoms with Crippen molar-refractivity contribution in [2.45, 2.75) is 26.9 Å². The van der Waals surface area contributed by atoms with Crippen molar-refractivity contribution in [2.24, 2.45) is 0 Å². The van der Waals surface area contributed by atoms with Crippen LogP contribution in [0.25, 0.3) is 0 Å². The minimum atomic E-state index is 0.808. The monoisotopic (exact) mass is 278 g/mol. The van der Waals surface area contributed by atoms with Gasteiger partial charge in [-0.15, -0.1) is 4.68 Å².